The van der Waals surface area contributed by atoms with Crippen LogP contribution in [0.5, 0.6) is 0 Å². The van der Waals surface area contributed by atoms with Gasteiger partial charge in [-0.25, -0.2) is 15.0 Å². The largest absolute Gasteiger partial charge is 0.385 e. The Balaban J connectivity index is 1.89. The highest BCUT2D eigenvalue weighted by Crippen LogP contribution is 2.43. The number of aromatic nitrogens is 3. The lowest BCUT2D eigenvalue weighted by atomic mass is 9.87. The average molecular weight is 401 g/mol. The molecule has 3 aromatic rings. The maximum Gasteiger partial charge on any atom is 0.147 e. The Bertz CT molecular complexity index is 1010. The normalized spacial score (nSPS) is 16.1. The molecule has 1 N–H and O–H groups in total. The summed E-state index contributed by atoms with van der Waals surface area (Å²) in [4.78, 5) is 15.2. The van der Waals surface area contributed by atoms with Gasteiger partial charge in [-0.15, -0.1) is 11.3 Å². The number of pyridine rings is 1. The Morgan fingerprint density at radius 3 is 2.86 bits per heavy atom. The predicted octanol–water partition coefficient (Wildman–Crippen LogP) is 4.66. The maximum atomic E-state index is 6.13. The van der Waals surface area contributed by atoms with Gasteiger partial charge in [-0.2, -0.15) is 0 Å². The summed E-state index contributed by atoms with van der Waals surface area (Å²) in [5, 5.41) is 4.62. The monoisotopic (exact) mass is 400 g/mol. The molecule has 6 nitrogen and oxygen atoms in total. The van der Waals surface area contributed by atoms with E-state index in [9.17, 15) is 0 Å². The van der Waals surface area contributed by atoms with Crippen LogP contribution in [-0.4, -0.2) is 40.8 Å². The summed E-state index contributed by atoms with van der Waals surface area (Å²) >= 11 is 1.69. The van der Waals surface area contributed by atoms with E-state index in [4.69, 9.17) is 14.5 Å². The first-order valence-corrected chi connectivity index (χ1v) is 10.7. The molecule has 0 aromatic carbocycles. The summed E-state index contributed by atoms with van der Waals surface area (Å²) in [7, 11) is 1.72. The standard InChI is InChI=1S/C21H28N4O2S/c1-12(2)16-14-10-27-21(3,4)9-13(14)15-17-18(28-20(15)25-16)19(24-11-23-17)22-7-6-8-26-5/h11-12H,6-10H2,1-5H3,(H,22,23,24). The first-order chi connectivity index (χ1) is 13.4. The molecule has 0 unspecified atom stereocenters. The van der Waals surface area contributed by atoms with Crippen LogP contribution in [0.4, 0.5) is 5.82 Å². The van der Waals surface area contributed by atoms with Gasteiger partial charge in [-0.3, -0.25) is 0 Å². The number of thiophene rings is 1. The number of methoxy groups -OCH3 is 1. The van der Waals surface area contributed by atoms with Gasteiger partial charge in [0.1, 0.15) is 17.0 Å². The quantitative estimate of drug-likeness (QED) is 0.607. The van der Waals surface area contributed by atoms with E-state index in [2.05, 4.69) is 43.0 Å². The van der Waals surface area contributed by atoms with Crippen LogP contribution in [0.15, 0.2) is 6.33 Å². The fourth-order valence-electron chi connectivity index (χ4n) is 3.86. The van der Waals surface area contributed by atoms with E-state index in [0.29, 0.717) is 12.5 Å². The van der Waals surface area contributed by atoms with Gasteiger partial charge in [0.05, 0.1) is 28.1 Å². The minimum Gasteiger partial charge on any atom is -0.385 e. The van der Waals surface area contributed by atoms with Gasteiger partial charge in [-0.1, -0.05) is 13.8 Å². The maximum absolute atomic E-state index is 6.13. The molecule has 4 rings (SSSR count). The van der Waals surface area contributed by atoms with Crippen molar-refractivity contribution in [3.8, 4) is 0 Å². The second-order valence-electron chi connectivity index (χ2n) is 8.29. The van der Waals surface area contributed by atoms with Crippen LogP contribution in [0, 0.1) is 0 Å². The fraction of sp³-hybridized carbons (Fsp3) is 0.571. The van der Waals surface area contributed by atoms with Crippen LogP contribution < -0.4 is 5.32 Å². The summed E-state index contributed by atoms with van der Waals surface area (Å²) in [6.45, 7) is 10.9. The topological polar surface area (TPSA) is 69.2 Å². The number of rotatable bonds is 6. The SMILES string of the molecule is COCCCNc1ncnc2c1sc1nc(C(C)C)c3c(c12)CC(C)(C)OC3. The highest BCUT2D eigenvalue weighted by Gasteiger charge is 2.32. The van der Waals surface area contributed by atoms with E-state index in [1.165, 1.54) is 16.5 Å². The number of ether oxygens (including phenoxy) is 2. The molecule has 3 aromatic heterocycles. The smallest absolute Gasteiger partial charge is 0.147 e. The molecule has 0 bridgehead atoms. The van der Waals surface area contributed by atoms with Crippen molar-refractivity contribution in [2.75, 3.05) is 25.6 Å². The molecule has 0 radical (unpaired) electrons. The number of anilines is 1. The van der Waals surface area contributed by atoms with Gasteiger partial charge >= 0.3 is 0 Å². The summed E-state index contributed by atoms with van der Waals surface area (Å²) < 4.78 is 12.3. The predicted molar refractivity (Wildman–Crippen MR) is 114 cm³/mol. The summed E-state index contributed by atoms with van der Waals surface area (Å²) in [5.74, 6) is 1.24. The Labute approximate surface area is 169 Å². The number of hydrogen-bond donors (Lipinski definition) is 1. The molecule has 4 heterocycles. The molecular weight excluding hydrogens is 372 g/mol. The van der Waals surface area contributed by atoms with E-state index in [1.807, 2.05) is 0 Å². The Morgan fingerprint density at radius 2 is 2.11 bits per heavy atom. The third-order valence-electron chi connectivity index (χ3n) is 5.22. The van der Waals surface area contributed by atoms with E-state index in [1.54, 1.807) is 24.8 Å². The van der Waals surface area contributed by atoms with Crippen LogP contribution in [-0.2, 0) is 22.5 Å². The van der Waals surface area contributed by atoms with Gasteiger partial charge in [0.2, 0.25) is 0 Å². The number of nitrogens with zero attached hydrogens (tertiary/aromatic N) is 3. The minimum atomic E-state index is -0.182. The van der Waals surface area contributed by atoms with Crippen molar-refractivity contribution in [2.24, 2.45) is 0 Å². The molecule has 7 heteroatoms. The van der Waals surface area contributed by atoms with Crippen molar-refractivity contribution in [1.82, 2.24) is 15.0 Å². The summed E-state index contributed by atoms with van der Waals surface area (Å²) in [6.07, 6.45) is 3.46. The molecule has 0 atom stereocenters. The van der Waals surface area contributed by atoms with Gasteiger partial charge in [0.25, 0.3) is 0 Å². The molecule has 0 aliphatic carbocycles. The number of nitrogens with one attached hydrogen (secondary N) is 1. The lowest BCUT2D eigenvalue weighted by Gasteiger charge is -2.33. The Kier molecular flexibility index (Phi) is 5.24. The van der Waals surface area contributed by atoms with Crippen molar-refractivity contribution >= 4 is 37.6 Å². The van der Waals surface area contributed by atoms with Crippen molar-refractivity contribution in [3.05, 3.63) is 23.1 Å². The summed E-state index contributed by atoms with van der Waals surface area (Å²) in [5.41, 5.74) is 4.56. The van der Waals surface area contributed by atoms with Crippen molar-refractivity contribution in [1.29, 1.82) is 0 Å². The van der Waals surface area contributed by atoms with Gasteiger partial charge < -0.3 is 14.8 Å². The first kappa shape index (κ1) is 19.5. The van der Waals surface area contributed by atoms with Gasteiger partial charge in [-0.05, 0) is 31.7 Å². The lowest BCUT2D eigenvalue weighted by molar-refractivity contribution is -0.0402. The molecular formula is C21H28N4O2S. The van der Waals surface area contributed by atoms with Crippen molar-refractivity contribution in [2.45, 2.75) is 58.7 Å². The zero-order valence-corrected chi connectivity index (χ0v) is 18.1. The lowest BCUT2D eigenvalue weighted by Crippen LogP contribution is -2.32. The van der Waals surface area contributed by atoms with E-state index >= 15 is 0 Å². The van der Waals surface area contributed by atoms with E-state index < -0.39 is 0 Å². The molecule has 1 aliphatic rings. The molecule has 0 fully saturated rings. The first-order valence-electron chi connectivity index (χ1n) is 9.87. The van der Waals surface area contributed by atoms with Gasteiger partial charge in [0.15, 0.2) is 0 Å². The molecule has 150 valence electrons. The molecule has 0 amide bonds. The van der Waals surface area contributed by atoms with Crippen LogP contribution in [0.1, 0.15) is 56.9 Å². The molecule has 28 heavy (non-hydrogen) atoms. The zero-order valence-electron chi connectivity index (χ0n) is 17.3. The average Bonchev–Trinajstić information content (AvgIpc) is 3.03. The molecule has 0 spiro atoms. The van der Waals surface area contributed by atoms with Crippen molar-refractivity contribution in [3.63, 3.8) is 0 Å². The second-order valence-corrected chi connectivity index (χ2v) is 9.29. The van der Waals surface area contributed by atoms with Gasteiger partial charge in [0, 0.05) is 37.6 Å². The second kappa shape index (κ2) is 7.54. The van der Waals surface area contributed by atoms with Crippen molar-refractivity contribution < 1.29 is 9.47 Å². The zero-order chi connectivity index (χ0) is 19.9. The number of fused-ring (bicyclic) bond motifs is 5. The summed E-state index contributed by atoms with van der Waals surface area (Å²) in [6, 6.07) is 0. The minimum absolute atomic E-state index is 0.182. The van der Waals surface area contributed by atoms with Crippen LogP contribution in [0.2, 0.25) is 0 Å². The fourth-order valence-corrected chi connectivity index (χ4v) is 4.99. The highest BCUT2D eigenvalue weighted by molar-refractivity contribution is 7.26. The third kappa shape index (κ3) is 3.47. The van der Waals surface area contributed by atoms with Crippen LogP contribution in [0.3, 0.4) is 0 Å². The molecule has 0 saturated carbocycles. The third-order valence-corrected chi connectivity index (χ3v) is 6.30. The van der Waals surface area contributed by atoms with Crippen LogP contribution >= 0.6 is 11.3 Å². The highest BCUT2D eigenvalue weighted by atomic mass is 32.1. The Morgan fingerprint density at radius 1 is 1.29 bits per heavy atom. The number of hydrogen-bond acceptors (Lipinski definition) is 7. The Hall–Kier alpha value is -1.83. The van der Waals surface area contributed by atoms with E-state index in [0.717, 1.165) is 52.6 Å². The van der Waals surface area contributed by atoms with E-state index in [-0.39, 0.29) is 5.60 Å². The molecule has 1 aliphatic heterocycles. The molecule has 0 saturated heterocycles. The van der Waals surface area contributed by atoms with Crippen LogP contribution in [0.25, 0.3) is 20.4 Å².